The molecule has 3 aliphatic rings. The highest BCUT2D eigenvalue weighted by Gasteiger charge is 2.56. The first-order valence-electron chi connectivity index (χ1n) is 12.6. The molecule has 0 spiro atoms. The molecule has 1 atom stereocenters. The maximum absolute atomic E-state index is 13.8. The highest BCUT2D eigenvalue weighted by Crippen LogP contribution is 2.57. The predicted octanol–water partition coefficient (Wildman–Crippen LogP) is 2.59. The maximum Gasteiger partial charge on any atom is 0.231 e. The number of amides is 1. The molecule has 0 saturated heterocycles. The summed E-state index contributed by atoms with van der Waals surface area (Å²) in [4.78, 5) is 51.5. The van der Waals surface area contributed by atoms with Crippen LogP contribution in [0.2, 0.25) is 0 Å². The lowest BCUT2D eigenvalue weighted by atomic mass is 9.70. The van der Waals surface area contributed by atoms with Crippen molar-refractivity contribution in [2.75, 3.05) is 13.3 Å². The Labute approximate surface area is 229 Å². The van der Waals surface area contributed by atoms with Gasteiger partial charge in [-0.15, -0.1) is 0 Å². The van der Waals surface area contributed by atoms with Gasteiger partial charge in [-0.1, -0.05) is 6.07 Å². The number of Topliss-reactive ketones (excluding diaryl/α,β-unsaturated/α-hetero) is 2. The number of phenols is 2. The molecule has 2 aromatic rings. The van der Waals surface area contributed by atoms with Crippen LogP contribution in [-0.4, -0.2) is 46.8 Å². The summed E-state index contributed by atoms with van der Waals surface area (Å²) < 4.78 is 16.4. The fourth-order valence-corrected chi connectivity index (χ4v) is 5.15. The second-order valence-corrected chi connectivity index (χ2v) is 10.0. The largest absolute Gasteiger partial charge is 0.507 e. The van der Waals surface area contributed by atoms with E-state index in [-0.39, 0.29) is 65.1 Å². The molecule has 0 saturated carbocycles. The fraction of sp³-hybridized carbons (Fsp3) is 0.310. The number of ketones is 3. The average molecular weight is 549 g/mol. The lowest BCUT2D eigenvalue weighted by Crippen LogP contribution is -2.41. The summed E-state index contributed by atoms with van der Waals surface area (Å²) in [5, 5.41) is 27.2. The quantitative estimate of drug-likeness (QED) is 0.230. The van der Waals surface area contributed by atoms with Crippen LogP contribution in [0.3, 0.4) is 0 Å². The van der Waals surface area contributed by atoms with Crippen LogP contribution in [-0.2, 0) is 26.3 Å². The van der Waals surface area contributed by atoms with E-state index in [2.05, 4.69) is 10.6 Å². The molecule has 1 amide bonds. The van der Waals surface area contributed by atoms with Crippen LogP contribution in [0.5, 0.6) is 28.7 Å². The molecule has 1 aliphatic carbocycles. The van der Waals surface area contributed by atoms with Crippen LogP contribution in [0, 0.1) is 6.92 Å². The molecular weight excluding hydrogens is 520 g/mol. The minimum Gasteiger partial charge on any atom is -0.507 e. The molecule has 4 N–H and O–H groups in total. The first-order chi connectivity index (χ1) is 18.9. The van der Waals surface area contributed by atoms with Gasteiger partial charge >= 0.3 is 0 Å². The van der Waals surface area contributed by atoms with Gasteiger partial charge in [0.15, 0.2) is 28.8 Å². The van der Waals surface area contributed by atoms with Crippen molar-refractivity contribution in [3.63, 3.8) is 0 Å². The van der Waals surface area contributed by atoms with Crippen LogP contribution in [0.4, 0.5) is 0 Å². The Morgan fingerprint density at radius 1 is 1.05 bits per heavy atom. The Balaban J connectivity index is 1.31. The van der Waals surface area contributed by atoms with E-state index in [9.17, 15) is 29.4 Å². The molecule has 0 aromatic heterocycles. The number of carbonyl (C=O) groups is 4. The Bertz CT molecular complexity index is 1570. The molecule has 2 heterocycles. The number of carbonyl (C=O) groups excluding carboxylic acids is 4. The number of hydrogen-bond acceptors (Lipinski definition) is 10. The zero-order chi connectivity index (χ0) is 28.9. The van der Waals surface area contributed by atoms with Crippen molar-refractivity contribution < 1.29 is 43.6 Å². The summed E-state index contributed by atoms with van der Waals surface area (Å²) in [5.41, 5.74) is -0.790. The maximum atomic E-state index is 13.8. The van der Waals surface area contributed by atoms with Gasteiger partial charge in [0.05, 0.1) is 11.1 Å². The second kappa shape index (κ2) is 9.74. The lowest BCUT2D eigenvalue weighted by Gasteiger charge is -2.29. The molecule has 11 nitrogen and oxygen atoms in total. The third-order valence-electron chi connectivity index (χ3n) is 7.43. The normalized spacial score (nSPS) is 19.9. The Hall–Kier alpha value is -4.80. The highest BCUT2D eigenvalue weighted by atomic mass is 16.7. The summed E-state index contributed by atoms with van der Waals surface area (Å²) in [6.07, 6.45) is 1.22. The molecule has 208 valence electrons. The average Bonchev–Trinajstić information content (AvgIpc) is 3.48. The van der Waals surface area contributed by atoms with Gasteiger partial charge in [-0.2, -0.15) is 0 Å². The van der Waals surface area contributed by atoms with Crippen LogP contribution in [0.15, 0.2) is 41.3 Å². The van der Waals surface area contributed by atoms with Crippen molar-refractivity contribution in [2.24, 2.45) is 0 Å². The summed E-state index contributed by atoms with van der Waals surface area (Å²) in [6.45, 7) is 6.30. The molecule has 5 rings (SSSR count). The fourth-order valence-electron chi connectivity index (χ4n) is 5.15. The Kier molecular flexibility index (Phi) is 6.53. The van der Waals surface area contributed by atoms with Crippen molar-refractivity contribution in [2.45, 2.75) is 46.1 Å². The third-order valence-corrected chi connectivity index (χ3v) is 7.43. The number of allylic oxidation sites excluding steroid dienone is 4. The predicted molar refractivity (Wildman–Crippen MR) is 140 cm³/mol. The molecule has 0 radical (unpaired) electrons. The molecule has 0 unspecified atom stereocenters. The second-order valence-electron chi connectivity index (χ2n) is 10.0. The Morgan fingerprint density at radius 2 is 1.77 bits per heavy atom. The van der Waals surface area contributed by atoms with E-state index in [4.69, 9.17) is 14.2 Å². The number of hydrogen-bond donors (Lipinski definition) is 4. The van der Waals surface area contributed by atoms with E-state index in [1.54, 1.807) is 19.1 Å². The van der Waals surface area contributed by atoms with E-state index < -0.39 is 34.3 Å². The smallest absolute Gasteiger partial charge is 0.231 e. The molecule has 0 fully saturated rings. The van der Waals surface area contributed by atoms with Crippen molar-refractivity contribution in [1.82, 2.24) is 10.6 Å². The lowest BCUT2D eigenvalue weighted by molar-refractivity contribution is -0.124. The molecule has 0 bridgehead atoms. The van der Waals surface area contributed by atoms with Gasteiger partial charge in [0.1, 0.15) is 34.0 Å². The van der Waals surface area contributed by atoms with Crippen LogP contribution in [0.25, 0.3) is 0 Å². The molecule has 11 heteroatoms. The molecule has 2 aliphatic heterocycles. The highest BCUT2D eigenvalue weighted by molar-refractivity contribution is 6.31. The minimum atomic E-state index is -1.60. The van der Waals surface area contributed by atoms with Gasteiger partial charge in [0.2, 0.25) is 12.7 Å². The van der Waals surface area contributed by atoms with Crippen LogP contribution in [0.1, 0.15) is 54.2 Å². The summed E-state index contributed by atoms with van der Waals surface area (Å²) in [5.74, 6) is -1.78. The number of fused-ring (bicyclic) bond motifs is 4. The number of rotatable bonds is 7. The number of nitrogens with one attached hydrogen (secondary N) is 2. The number of aromatic hydroxyl groups is 2. The van der Waals surface area contributed by atoms with Gasteiger partial charge in [-0.05, 0) is 45.4 Å². The zero-order valence-electron chi connectivity index (χ0n) is 22.4. The Morgan fingerprint density at radius 3 is 2.50 bits per heavy atom. The zero-order valence-corrected chi connectivity index (χ0v) is 22.4. The molecule has 40 heavy (non-hydrogen) atoms. The van der Waals surface area contributed by atoms with Crippen molar-refractivity contribution in [3.8, 4) is 28.7 Å². The summed E-state index contributed by atoms with van der Waals surface area (Å²) in [6, 6.07) is 5.40. The first-order valence-corrected chi connectivity index (χ1v) is 12.6. The van der Waals surface area contributed by atoms with Crippen molar-refractivity contribution in [3.05, 3.63) is 63.6 Å². The van der Waals surface area contributed by atoms with E-state index in [1.807, 2.05) is 6.07 Å². The van der Waals surface area contributed by atoms with Gasteiger partial charge < -0.3 is 35.1 Å². The van der Waals surface area contributed by atoms with Gasteiger partial charge in [-0.3, -0.25) is 19.2 Å². The van der Waals surface area contributed by atoms with E-state index in [1.165, 1.54) is 20.8 Å². The van der Waals surface area contributed by atoms with Crippen LogP contribution < -0.4 is 24.8 Å². The number of benzene rings is 2. The number of phenolic OH excluding ortho intramolecular Hbond substituents is 2. The van der Waals surface area contributed by atoms with Gasteiger partial charge in [-0.25, -0.2) is 0 Å². The third kappa shape index (κ3) is 4.14. The SMILES string of the molecule is CC(=O)c1c(O)c(C)c(O)c2c1OC1=CC(=O)C(=C(C)NCCC(=O)NCc3ccc4c(c3)OCO4)C(=O)[C@@]12C. The minimum absolute atomic E-state index is 0.0185. The van der Waals surface area contributed by atoms with Crippen molar-refractivity contribution >= 4 is 23.3 Å². The summed E-state index contributed by atoms with van der Waals surface area (Å²) in [7, 11) is 0. The van der Waals surface area contributed by atoms with E-state index >= 15 is 0 Å². The van der Waals surface area contributed by atoms with E-state index in [0.29, 0.717) is 18.0 Å². The van der Waals surface area contributed by atoms with Gasteiger partial charge in [0.25, 0.3) is 0 Å². The van der Waals surface area contributed by atoms with Crippen LogP contribution >= 0.6 is 0 Å². The standard InChI is InChI=1S/C29H28N2O9/c1-13-25(35)23(15(3)32)27-24(26(13)36)29(4)20(40-27)10-17(33)22(28(29)37)14(2)30-8-7-21(34)31-11-16-5-6-18-19(9-16)39-12-38-18/h5-6,9-10,30,35-36H,7-8,11-12H2,1-4H3,(H,31,34)/t29-/m0/s1. The van der Waals surface area contributed by atoms with Crippen molar-refractivity contribution in [1.29, 1.82) is 0 Å². The van der Waals surface area contributed by atoms with Gasteiger partial charge in [0, 0.05) is 36.8 Å². The first kappa shape index (κ1) is 26.8. The topological polar surface area (TPSA) is 160 Å². The number of ether oxygens (including phenoxy) is 3. The monoisotopic (exact) mass is 548 g/mol. The molecule has 2 aromatic carbocycles. The summed E-state index contributed by atoms with van der Waals surface area (Å²) >= 11 is 0. The molecular formula is C29H28N2O9. The van der Waals surface area contributed by atoms with E-state index in [0.717, 1.165) is 11.6 Å².